The zero-order valence-electron chi connectivity index (χ0n) is 15.3. The summed E-state index contributed by atoms with van der Waals surface area (Å²) in [4.78, 5) is 14.9. The number of methoxy groups -OCH3 is 3. The quantitative estimate of drug-likeness (QED) is 0.772. The van der Waals surface area contributed by atoms with Gasteiger partial charge in [-0.05, 0) is 36.2 Å². The van der Waals surface area contributed by atoms with E-state index in [1.54, 1.807) is 21.3 Å². The smallest absolute Gasteiger partial charge is 0.257 e. The van der Waals surface area contributed by atoms with Crippen LogP contribution in [0.3, 0.4) is 0 Å². The van der Waals surface area contributed by atoms with Crippen molar-refractivity contribution >= 4 is 11.6 Å². The van der Waals surface area contributed by atoms with Crippen LogP contribution in [0.2, 0.25) is 0 Å². The van der Waals surface area contributed by atoms with Gasteiger partial charge in [-0.2, -0.15) is 0 Å². The number of benzene rings is 2. The van der Waals surface area contributed by atoms with Gasteiger partial charge in [0.1, 0.15) is 6.17 Å². The predicted molar refractivity (Wildman–Crippen MR) is 99.9 cm³/mol. The molecular weight excluding hydrogens is 332 g/mol. The largest absolute Gasteiger partial charge is 0.493 e. The number of anilines is 1. The maximum atomic E-state index is 13.1. The van der Waals surface area contributed by atoms with Crippen molar-refractivity contribution in [3.8, 4) is 11.5 Å². The van der Waals surface area contributed by atoms with Crippen LogP contribution in [0.5, 0.6) is 11.5 Å². The molecule has 2 aromatic carbocycles. The highest BCUT2D eigenvalue weighted by molar-refractivity contribution is 6.01. The Hall–Kier alpha value is -2.73. The van der Waals surface area contributed by atoms with E-state index in [1.807, 2.05) is 47.4 Å². The van der Waals surface area contributed by atoms with Gasteiger partial charge in [-0.25, -0.2) is 0 Å². The lowest BCUT2D eigenvalue weighted by Gasteiger charge is -2.38. The summed E-state index contributed by atoms with van der Waals surface area (Å²) in [6.45, 7) is 1.19. The summed E-state index contributed by atoms with van der Waals surface area (Å²) in [5.74, 6) is 1.30. The number of fused-ring (bicyclic) bond motifs is 1. The van der Waals surface area contributed by atoms with Crippen molar-refractivity contribution in [1.29, 1.82) is 0 Å². The molecule has 0 saturated carbocycles. The Kier molecular flexibility index (Phi) is 5.63. The average Bonchev–Trinajstić information content (AvgIpc) is 2.69. The summed E-state index contributed by atoms with van der Waals surface area (Å²) in [6, 6.07) is 13.3. The molecular formula is C20H24N2O4. The van der Waals surface area contributed by atoms with Gasteiger partial charge in [-0.3, -0.25) is 4.79 Å². The second-order valence-electron chi connectivity index (χ2n) is 6.05. The summed E-state index contributed by atoms with van der Waals surface area (Å²) in [5, 5.41) is 3.48. The Labute approximate surface area is 153 Å². The molecule has 1 unspecified atom stereocenters. The van der Waals surface area contributed by atoms with Gasteiger partial charge in [0.15, 0.2) is 11.5 Å². The molecule has 0 spiro atoms. The lowest BCUT2D eigenvalue weighted by Crippen LogP contribution is -2.43. The Bertz CT molecular complexity index is 778. The monoisotopic (exact) mass is 356 g/mol. The molecule has 26 heavy (non-hydrogen) atoms. The van der Waals surface area contributed by atoms with E-state index in [9.17, 15) is 4.79 Å². The zero-order valence-corrected chi connectivity index (χ0v) is 15.3. The Morgan fingerprint density at radius 2 is 1.81 bits per heavy atom. The summed E-state index contributed by atoms with van der Waals surface area (Å²) in [5.41, 5.74) is 2.45. The number of nitrogens with zero attached hydrogens (tertiary/aromatic N) is 1. The van der Waals surface area contributed by atoms with Crippen LogP contribution in [0.1, 0.15) is 28.5 Å². The molecule has 0 radical (unpaired) electrons. The highest BCUT2D eigenvalue weighted by Crippen LogP contribution is 2.36. The molecule has 1 aliphatic heterocycles. The van der Waals surface area contributed by atoms with Crippen molar-refractivity contribution in [1.82, 2.24) is 4.90 Å². The van der Waals surface area contributed by atoms with Crippen LogP contribution < -0.4 is 14.8 Å². The molecule has 0 aromatic heterocycles. The molecule has 6 nitrogen and oxygen atoms in total. The lowest BCUT2D eigenvalue weighted by atomic mass is 10.0. The fourth-order valence-electron chi connectivity index (χ4n) is 3.19. The molecule has 1 N–H and O–H groups in total. The third kappa shape index (κ3) is 3.46. The molecule has 6 heteroatoms. The minimum Gasteiger partial charge on any atom is -0.493 e. The number of hydrogen-bond donors (Lipinski definition) is 1. The SMILES string of the molecule is COCCCN1C(=O)c2ccccc2NC1c1ccc(OC)c(OC)c1. The maximum Gasteiger partial charge on any atom is 0.257 e. The molecule has 2 aromatic rings. The molecule has 3 rings (SSSR count). The lowest BCUT2D eigenvalue weighted by molar-refractivity contribution is 0.0660. The van der Waals surface area contributed by atoms with E-state index in [0.29, 0.717) is 30.2 Å². The molecule has 1 amide bonds. The standard InChI is InChI=1S/C20H24N2O4/c1-24-12-6-11-22-19(14-9-10-17(25-2)18(13-14)26-3)21-16-8-5-4-7-15(16)20(22)23/h4-5,7-10,13,19,21H,6,11-12H2,1-3H3. The van der Waals surface area contributed by atoms with Crippen molar-refractivity contribution in [2.45, 2.75) is 12.6 Å². The first kappa shape index (κ1) is 18.1. The van der Waals surface area contributed by atoms with Crippen molar-refractivity contribution in [3.63, 3.8) is 0 Å². The molecule has 138 valence electrons. The fraction of sp³-hybridized carbons (Fsp3) is 0.350. The number of hydrogen-bond acceptors (Lipinski definition) is 5. The Morgan fingerprint density at radius 3 is 2.54 bits per heavy atom. The predicted octanol–water partition coefficient (Wildman–Crippen LogP) is 3.31. The number of ether oxygens (including phenoxy) is 3. The Balaban J connectivity index is 1.98. The second kappa shape index (κ2) is 8.10. The summed E-state index contributed by atoms with van der Waals surface area (Å²) >= 11 is 0. The maximum absolute atomic E-state index is 13.1. The Morgan fingerprint density at radius 1 is 1.04 bits per heavy atom. The molecule has 0 saturated heterocycles. The topological polar surface area (TPSA) is 60.0 Å². The molecule has 0 aliphatic carbocycles. The minimum absolute atomic E-state index is 0.00948. The minimum atomic E-state index is -0.283. The van der Waals surface area contributed by atoms with Crippen molar-refractivity contribution in [2.24, 2.45) is 0 Å². The number of amides is 1. The molecule has 1 atom stereocenters. The van der Waals surface area contributed by atoms with Crippen LogP contribution in [-0.4, -0.2) is 45.3 Å². The van der Waals surface area contributed by atoms with E-state index in [1.165, 1.54) is 0 Å². The van der Waals surface area contributed by atoms with Gasteiger partial charge >= 0.3 is 0 Å². The summed E-state index contributed by atoms with van der Waals surface area (Å²) in [6.07, 6.45) is 0.477. The van der Waals surface area contributed by atoms with E-state index >= 15 is 0 Å². The van der Waals surface area contributed by atoms with Gasteiger partial charge in [0.25, 0.3) is 5.91 Å². The van der Waals surface area contributed by atoms with Gasteiger partial charge in [-0.15, -0.1) is 0 Å². The second-order valence-corrected chi connectivity index (χ2v) is 6.05. The van der Waals surface area contributed by atoms with Crippen molar-refractivity contribution in [2.75, 3.05) is 39.8 Å². The van der Waals surface area contributed by atoms with E-state index in [4.69, 9.17) is 14.2 Å². The van der Waals surface area contributed by atoms with Crippen LogP contribution in [0.25, 0.3) is 0 Å². The third-order valence-electron chi connectivity index (χ3n) is 4.49. The number of carbonyl (C=O) groups is 1. The highest BCUT2D eigenvalue weighted by atomic mass is 16.5. The van der Waals surface area contributed by atoms with Crippen LogP contribution >= 0.6 is 0 Å². The van der Waals surface area contributed by atoms with Crippen LogP contribution in [0.15, 0.2) is 42.5 Å². The first-order valence-corrected chi connectivity index (χ1v) is 8.57. The number of rotatable bonds is 7. The van der Waals surface area contributed by atoms with Gasteiger partial charge in [0.2, 0.25) is 0 Å². The number of nitrogens with one attached hydrogen (secondary N) is 1. The number of para-hydroxylation sites is 1. The first-order valence-electron chi connectivity index (χ1n) is 8.57. The van der Waals surface area contributed by atoms with Gasteiger partial charge in [-0.1, -0.05) is 18.2 Å². The molecule has 0 fully saturated rings. The van der Waals surface area contributed by atoms with Crippen LogP contribution in [0, 0.1) is 0 Å². The zero-order chi connectivity index (χ0) is 18.5. The van der Waals surface area contributed by atoms with E-state index in [0.717, 1.165) is 17.7 Å². The average molecular weight is 356 g/mol. The third-order valence-corrected chi connectivity index (χ3v) is 4.49. The van der Waals surface area contributed by atoms with E-state index in [-0.39, 0.29) is 12.1 Å². The van der Waals surface area contributed by atoms with Gasteiger partial charge < -0.3 is 24.4 Å². The number of carbonyl (C=O) groups excluding carboxylic acids is 1. The van der Waals surface area contributed by atoms with Crippen LogP contribution in [-0.2, 0) is 4.74 Å². The summed E-state index contributed by atoms with van der Waals surface area (Å²) in [7, 11) is 4.87. The highest BCUT2D eigenvalue weighted by Gasteiger charge is 2.32. The fourth-order valence-corrected chi connectivity index (χ4v) is 3.19. The van der Waals surface area contributed by atoms with E-state index < -0.39 is 0 Å². The first-order chi connectivity index (χ1) is 12.7. The van der Waals surface area contributed by atoms with Gasteiger partial charge in [0, 0.05) is 25.9 Å². The van der Waals surface area contributed by atoms with E-state index in [2.05, 4.69) is 5.32 Å². The van der Waals surface area contributed by atoms with Crippen LogP contribution in [0.4, 0.5) is 5.69 Å². The molecule has 1 heterocycles. The van der Waals surface area contributed by atoms with Gasteiger partial charge in [0.05, 0.1) is 19.8 Å². The normalized spacial score (nSPS) is 16.0. The van der Waals surface area contributed by atoms with Crippen molar-refractivity contribution < 1.29 is 19.0 Å². The molecule has 1 aliphatic rings. The molecule has 0 bridgehead atoms. The van der Waals surface area contributed by atoms with Crippen molar-refractivity contribution in [3.05, 3.63) is 53.6 Å². The summed E-state index contributed by atoms with van der Waals surface area (Å²) < 4.78 is 15.9.